The van der Waals surface area contributed by atoms with Crippen LogP contribution in [0, 0.1) is 0 Å². The second-order valence-electron chi connectivity index (χ2n) is 4.48. The summed E-state index contributed by atoms with van der Waals surface area (Å²) in [6, 6.07) is 0. The van der Waals surface area contributed by atoms with E-state index in [0.29, 0.717) is 51.0 Å². The third kappa shape index (κ3) is 3.92. The van der Waals surface area contributed by atoms with E-state index in [4.69, 9.17) is 16.3 Å². The molecule has 0 saturated carbocycles. The van der Waals surface area contributed by atoms with Gasteiger partial charge >= 0.3 is 0 Å². The molecule has 0 spiro atoms. The van der Waals surface area contributed by atoms with Gasteiger partial charge in [-0.15, -0.1) is 0 Å². The van der Waals surface area contributed by atoms with Crippen molar-refractivity contribution < 1.29 is 9.53 Å². The van der Waals surface area contributed by atoms with Crippen LogP contribution in [0.4, 0.5) is 0 Å². The summed E-state index contributed by atoms with van der Waals surface area (Å²) in [7, 11) is 1.87. The van der Waals surface area contributed by atoms with Gasteiger partial charge in [0.1, 0.15) is 11.0 Å². The first-order chi connectivity index (χ1) is 9.18. The Bertz CT molecular complexity index is 429. The molecule has 6 nitrogen and oxygen atoms in total. The third-order valence-electron chi connectivity index (χ3n) is 3.19. The number of carbonyl (C=O) groups is 1. The van der Waals surface area contributed by atoms with Gasteiger partial charge in [0.25, 0.3) is 0 Å². The minimum Gasteiger partial charge on any atom is -0.378 e. The Labute approximate surface area is 117 Å². The van der Waals surface area contributed by atoms with Gasteiger partial charge in [0.2, 0.25) is 5.91 Å². The smallest absolute Gasteiger partial charge is 0.224 e. The molecule has 7 heteroatoms. The lowest BCUT2D eigenvalue weighted by Gasteiger charge is -2.26. The van der Waals surface area contributed by atoms with Crippen molar-refractivity contribution in [2.45, 2.75) is 13.0 Å². The molecule has 1 aliphatic rings. The van der Waals surface area contributed by atoms with Gasteiger partial charge in [0, 0.05) is 33.1 Å². The molecule has 0 aliphatic carbocycles. The predicted molar refractivity (Wildman–Crippen MR) is 71.9 cm³/mol. The number of hydrogen-bond donors (Lipinski definition) is 1. The number of hydrogen-bond acceptors (Lipinski definition) is 4. The molecule has 19 heavy (non-hydrogen) atoms. The number of nitrogens with one attached hydrogen (secondary N) is 1. The van der Waals surface area contributed by atoms with Crippen LogP contribution >= 0.6 is 11.6 Å². The number of imidazole rings is 1. The summed E-state index contributed by atoms with van der Waals surface area (Å²) >= 11 is 5.89. The maximum absolute atomic E-state index is 11.9. The van der Waals surface area contributed by atoms with E-state index in [1.165, 1.54) is 0 Å². The molecule has 0 aromatic carbocycles. The molecule has 1 aromatic rings. The van der Waals surface area contributed by atoms with Crippen LogP contribution in [-0.2, 0) is 23.1 Å². The lowest BCUT2D eigenvalue weighted by molar-refractivity contribution is -0.135. The molecule has 0 bridgehead atoms. The molecule has 0 radical (unpaired) electrons. The Morgan fingerprint density at radius 3 is 2.89 bits per heavy atom. The number of halogens is 1. The van der Waals surface area contributed by atoms with E-state index in [1.807, 2.05) is 16.5 Å². The van der Waals surface area contributed by atoms with Gasteiger partial charge in [0.15, 0.2) is 0 Å². The van der Waals surface area contributed by atoms with E-state index in [2.05, 4.69) is 10.3 Å². The van der Waals surface area contributed by atoms with Crippen molar-refractivity contribution in [3.8, 4) is 0 Å². The standard InChI is InChI=1S/C12H19ClN4O2/c1-16-10(13)8-15-11(16)9-14-3-2-12(18)17-4-6-19-7-5-17/h8,14H,2-7,9H2,1H3. The molecule has 2 heterocycles. The Balaban J connectivity index is 1.66. The van der Waals surface area contributed by atoms with Crippen LogP contribution in [0.2, 0.25) is 5.15 Å². The van der Waals surface area contributed by atoms with Crippen LogP contribution in [0.15, 0.2) is 6.20 Å². The first-order valence-electron chi connectivity index (χ1n) is 6.41. The first-order valence-corrected chi connectivity index (χ1v) is 6.78. The molecule has 1 fully saturated rings. The average molecular weight is 287 g/mol. The Kier molecular flexibility index (Phi) is 5.18. The van der Waals surface area contributed by atoms with Crippen LogP contribution in [0.3, 0.4) is 0 Å². The summed E-state index contributed by atoms with van der Waals surface area (Å²) < 4.78 is 7.03. The number of aromatic nitrogens is 2. The van der Waals surface area contributed by atoms with Crippen LogP contribution in [0.1, 0.15) is 12.2 Å². The van der Waals surface area contributed by atoms with Crippen LogP contribution < -0.4 is 5.32 Å². The summed E-state index contributed by atoms with van der Waals surface area (Å²) in [6.07, 6.45) is 2.12. The minimum atomic E-state index is 0.175. The van der Waals surface area contributed by atoms with Crippen molar-refractivity contribution in [1.29, 1.82) is 0 Å². The molecule has 0 unspecified atom stereocenters. The third-order valence-corrected chi connectivity index (χ3v) is 3.54. The van der Waals surface area contributed by atoms with Crippen molar-refractivity contribution in [3.05, 3.63) is 17.2 Å². The molecule has 0 atom stereocenters. The summed E-state index contributed by atoms with van der Waals surface area (Å²) in [5.74, 6) is 1.04. The van der Waals surface area contributed by atoms with Gasteiger partial charge in [0.05, 0.1) is 26.0 Å². The van der Waals surface area contributed by atoms with Gasteiger partial charge in [-0.05, 0) is 0 Å². The van der Waals surface area contributed by atoms with E-state index < -0.39 is 0 Å². The zero-order chi connectivity index (χ0) is 13.7. The molecule has 1 saturated heterocycles. The van der Waals surface area contributed by atoms with Crippen molar-refractivity contribution >= 4 is 17.5 Å². The van der Waals surface area contributed by atoms with E-state index in [0.717, 1.165) is 5.82 Å². The summed E-state index contributed by atoms with van der Waals surface area (Å²) in [6.45, 7) is 3.94. The number of amides is 1. The molecular formula is C12H19ClN4O2. The number of morpholine rings is 1. The van der Waals surface area contributed by atoms with Gasteiger partial charge in [-0.2, -0.15) is 0 Å². The zero-order valence-corrected chi connectivity index (χ0v) is 11.8. The fourth-order valence-electron chi connectivity index (χ4n) is 1.95. The van der Waals surface area contributed by atoms with Crippen LogP contribution in [0.5, 0.6) is 0 Å². The quantitative estimate of drug-likeness (QED) is 0.797. The maximum Gasteiger partial charge on any atom is 0.224 e. The number of nitrogens with zero attached hydrogens (tertiary/aromatic N) is 3. The highest BCUT2D eigenvalue weighted by atomic mass is 35.5. The fraction of sp³-hybridized carbons (Fsp3) is 0.667. The lowest BCUT2D eigenvalue weighted by Crippen LogP contribution is -2.41. The molecule has 1 amide bonds. The number of ether oxygens (including phenoxy) is 1. The van der Waals surface area contributed by atoms with Crippen molar-refractivity contribution in [1.82, 2.24) is 19.8 Å². The highest BCUT2D eigenvalue weighted by Gasteiger charge is 2.15. The van der Waals surface area contributed by atoms with E-state index >= 15 is 0 Å². The predicted octanol–water partition coefficient (Wildman–Crippen LogP) is 0.412. The molecule has 1 N–H and O–H groups in total. The Hall–Kier alpha value is -1.11. The van der Waals surface area contributed by atoms with E-state index in [9.17, 15) is 4.79 Å². The Morgan fingerprint density at radius 2 is 2.26 bits per heavy atom. The summed E-state index contributed by atoms with van der Waals surface area (Å²) in [5.41, 5.74) is 0. The molecule has 1 aromatic heterocycles. The van der Waals surface area contributed by atoms with Crippen molar-refractivity contribution in [3.63, 3.8) is 0 Å². The lowest BCUT2D eigenvalue weighted by atomic mass is 10.3. The molecular weight excluding hydrogens is 268 g/mol. The highest BCUT2D eigenvalue weighted by Crippen LogP contribution is 2.08. The van der Waals surface area contributed by atoms with Gasteiger partial charge in [-0.3, -0.25) is 4.79 Å². The topological polar surface area (TPSA) is 59.4 Å². The monoisotopic (exact) mass is 286 g/mol. The number of rotatable bonds is 5. The first kappa shape index (κ1) is 14.3. The Morgan fingerprint density at radius 1 is 1.53 bits per heavy atom. The van der Waals surface area contributed by atoms with E-state index in [-0.39, 0.29) is 5.91 Å². The summed E-state index contributed by atoms with van der Waals surface area (Å²) in [5, 5.41) is 3.82. The molecule has 2 rings (SSSR count). The van der Waals surface area contributed by atoms with E-state index in [1.54, 1.807) is 6.20 Å². The van der Waals surface area contributed by atoms with Crippen LogP contribution in [-0.4, -0.2) is 53.2 Å². The maximum atomic E-state index is 11.9. The van der Waals surface area contributed by atoms with Gasteiger partial charge in [-0.1, -0.05) is 11.6 Å². The fourth-order valence-corrected chi connectivity index (χ4v) is 2.10. The second-order valence-corrected chi connectivity index (χ2v) is 4.86. The second kappa shape index (κ2) is 6.88. The van der Waals surface area contributed by atoms with Crippen molar-refractivity contribution in [2.24, 2.45) is 7.05 Å². The largest absolute Gasteiger partial charge is 0.378 e. The van der Waals surface area contributed by atoms with Gasteiger partial charge in [-0.25, -0.2) is 4.98 Å². The van der Waals surface area contributed by atoms with Crippen LogP contribution in [0.25, 0.3) is 0 Å². The number of carbonyl (C=O) groups excluding carboxylic acids is 1. The minimum absolute atomic E-state index is 0.175. The zero-order valence-electron chi connectivity index (χ0n) is 11.1. The SMILES string of the molecule is Cn1c(Cl)cnc1CNCCC(=O)N1CCOCC1. The summed E-state index contributed by atoms with van der Waals surface area (Å²) in [4.78, 5) is 17.9. The van der Waals surface area contributed by atoms with Gasteiger partial charge < -0.3 is 19.5 Å². The van der Waals surface area contributed by atoms with Crippen molar-refractivity contribution in [2.75, 3.05) is 32.8 Å². The normalized spacial score (nSPS) is 15.8. The molecule has 1 aliphatic heterocycles. The molecule has 106 valence electrons. The highest BCUT2D eigenvalue weighted by molar-refractivity contribution is 6.29. The average Bonchev–Trinajstić information content (AvgIpc) is 2.76.